The lowest BCUT2D eigenvalue weighted by Gasteiger charge is -2.36. The number of nitrogens with zero attached hydrogens (tertiary/aromatic N) is 2. The molecule has 9 rings (SSSR count). The second-order valence-corrected chi connectivity index (χ2v) is 14.2. The quantitative estimate of drug-likeness (QED) is 0.186. The molecule has 0 spiro atoms. The molecule has 0 saturated heterocycles. The van der Waals surface area contributed by atoms with Gasteiger partial charge in [-0.05, 0) is 107 Å². The molecule has 2 nitrogen and oxygen atoms in total. The standard InChI is InChI=1S/C46H40N2/c1-31-28-32(33-23-27-45-40(29-33)39-19-11-13-21-44(39)48(45)35-16-8-5-9-17-35)22-26-43(31)47(34-14-6-4-7-15-34)36-24-25-38-37-18-10-12-20-41(37)46(2,3)42(38)30-36/h4-6,8-14,16-27,29-31H,7,15,28H2,1-3H3. The number of fused-ring (bicyclic) bond motifs is 6. The predicted octanol–water partition coefficient (Wildman–Crippen LogP) is 12.1. The van der Waals surface area contributed by atoms with Crippen molar-refractivity contribution in [1.29, 1.82) is 0 Å². The highest BCUT2D eigenvalue weighted by Gasteiger charge is 2.36. The highest BCUT2D eigenvalue weighted by atomic mass is 15.2. The van der Waals surface area contributed by atoms with E-state index in [0.717, 1.165) is 19.3 Å². The van der Waals surface area contributed by atoms with E-state index in [-0.39, 0.29) is 5.41 Å². The second-order valence-electron chi connectivity index (χ2n) is 14.2. The Kier molecular flexibility index (Phi) is 6.69. The number of rotatable bonds is 5. The molecule has 2 heteroatoms. The Morgan fingerprint density at radius 1 is 0.688 bits per heavy atom. The van der Waals surface area contributed by atoms with Crippen molar-refractivity contribution in [2.45, 2.75) is 45.4 Å². The molecule has 1 aromatic heterocycles. The summed E-state index contributed by atoms with van der Waals surface area (Å²) in [4.78, 5) is 2.57. The summed E-state index contributed by atoms with van der Waals surface area (Å²) >= 11 is 0. The van der Waals surface area contributed by atoms with Crippen LogP contribution in [0.5, 0.6) is 0 Å². The van der Waals surface area contributed by atoms with E-state index in [1.807, 2.05) is 0 Å². The number of hydrogen-bond acceptors (Lipinski definition) is 1. The van der Waals surface area contributed by atoms with Gasteiger partial charge in [0.15, 0.2) is 0 Å². The Balaban J connectivity index is 1.14. The molecule has 1 unspecified atom stereocenters. The fourth-order valence-electron chi connectivity index (χ4n) is 8.48. The van der Waals surface area contributed by atoms with Gasteiger partial charge in [0, 0.05) is 44.9 Å². The highest BCUT2D eigenvalue weighted by molar-refractivity contribution is 6.10. The third kappa shape index (κ3) is 4.47. The van der Waals surface area contributed by atoms with Crippen molar-refractivity contribution < 1.29 is 0 Å². The van der Waals surface area contributed by atoms with Crippen LogP contribution in [0.3, 0.4) is 0 Å². The Bertz CT molecular complexity index is 2360. The minimum absolute atomic E-state index is 0.0314. The number of benzene rings is 5. The molecule has 1 heterocycles. The molecule has 0 bridgehead atoms. The normalized spacial score (nSPS) is 17.9. The van der Waals surface area contributed by atoms with Crippen molar-refractivity contribution in [2.24, 2.45) is 5.92 Å². The van der Waals surface area contributed by atoms with E-state index in [0.29, 0.717) is 5.92 Å². The van der Waals surface area contributed by atoms with Gasteiger partial charge in [0.2, 0.25) is 0 Å². The zero-order valence-electron chi connectivity index (χ0n) is 27.9. The summed E-state index contributed by atoms with van der Waals surface area (Å²) in [6, 6.07) is 42.7. The molecule has 0 aliphatic heterocycles. The summed E-state index contributed by atoms with van der Waals surface area (Å²) in [5.74, 6) is 0.358. The maximum absolute atomic E-state index is 2.57. The first kappa shape index (κ1) is 28.8. The number of para-hydroxylation sites is 2. The van der Waals surface area contributed by atoms with E-state index in [1.54, 1.807) is 0 Å². The van der Waals surface area contributed by atoms with Crippen LogP contribution >= 0.6 is 0 Å². The number of aromatic nitrogens is 1. The molecule has 5 aromatic carbocycles. The van der Waals surface area contributed by atoms with E-state index in [9.17, 15) is 0 Å². The minimum atomic E-state index is -0.0314. The van der Waals surface area contributed by atoms with Crippen LogP contribution in [0.25, 0.3) is 44.2 Å². The summed E-state index contributed by atoms with van der Waals surface area (Å²) in [6.45, 7) is 7.15. The van der Waals surface area contributed by atoms with Gasteiger partial charge in [-0.2, -0.15) is 0 Å². The van der Waals surface area contributed by atoms with Crippen molar-refractivity contribution in [1.82, 2.24) is 4.57 Å². The summed E-state index contributed by atoms with van der Waals surface area (Å²) < 4.78 is 2.39. The van der Waals surface area contributed by atoms with Crippen LogP contribution in [0.4, 0.5) is 5.69 Å². The van der Waals surface area contributed by atoms with Crippen LogP contribution in [-0.4, -0.2) is 4.57 Å². The largest absolute Gasteiger partial charge is 0.318 e. The molecule has 0 amide bonds. The van der Waals surface area contributed by atoms with Gasteiger partial charge in [-0.25, -0.2) is 0 Å². The number of hydrogen-bond donors (Lipinski definition) is 0. The summed E-state index contributed by atoms with van der Waals surface area (Å²) in [5, 5.41) is 2.60. The smallest absolute Gasteiger partial charge is 0.0541 e. The Labute approximate surface area is 283 Å². The lowest BCUT2D eigenvalue weighted by atomic mass is 9.82. The van der Waals surface area contributed by atoms with Crippen LogP contribution < -0.4 is 4.90 Å². The topological polar surface area (TPSA) is 8.17 Å². The van der Waals surface area contributed by atoms with Crippen molar-refractivity contribution in [3.8, 4) is 16.8 Å². The zero-order chi connectivity index (χ0) is 32.4. The lowest BCUT2D eigenvalue weighted by molar-refractivity contribution is 0.655. The Hall–Kier alpha value is -5.34. The molecular weight excluding hydrogens is 581 g/mol. The SMILES string of the molecule is CC1CC(c2ccc3c(c2)c2ccccc2n3-c2ccccc2)=CC=C1N(C1=CC=CCC1)c1ccc2c(c1)C(C)(C)c1ccccc1-2. The third-order valence-corrected chi connectivity index (χ3v) is 10.9. The van der Waals surface area contributed by atoms with Gasteiger partial charge in [0.05, 0.1) is 11.0 Å². The Morgan fingerprint density at radius 2 is 1.46 bits per heavy atom. The molecule has 6 aromatic rings. The van der Waals surface area contributed by atoms with Gasteiger partial charge < -0.3 is 9.47 Å². The maximum atomic E-state index is 2.57. The second kappa shape index (κ2) is 11.1. The molecule has 48 heavy (non-hydrogen) atoms. The maximum Gasteiger partial charge on any atom is 0.0541 e. The van der Waals surface area contributed by atoms with Crippen molar-refractivity contribution >= 4 is 33.1 Å². The van der Waals surface area contributed by atoms with Gasteiger partial charge in [0.25, 0.3) is 0 Å². The first-order valence-corrected chi connectivity index (χ1v) is 17.4. The van der Waals surface area contributed by atoms with Crippen LogP contribution in [0.2, 0.25) is 0 Å². The summed E-state index contributed by atoms with van der Waals surface area (Å²) in [5.41, 5.74) is 15.9. The third-order valence-electron chi connectivity index (χ3n) is 10.9. The molecule has 0 fully saturated rings. The fraction of sp³-hybridized carbons (Fsp3) is 0.174. The average molecular weight is 621 g/mol. The van der Waals surface area contributed by atoms with Crippen molar-refractivity contribution in [3.05, 3.63) is 174 Å². The minimum Gasteiger partial charge on any atom is -0.318 e. The molecule has 0 N–H and O–H groups in total. The molecular formula is C46H40N2. The molecule has 3 aliphatic rings. The van der Waals surface area contributed by atoms with Gasteiger partial charge in [-0.3, -0.25) is 0 Å². The predicted molar refractivity (Wildman–Crippen MR) is 204 cm³/mol. The van der Waals surface area contributed by atoms with Crippen molar-refractivity contribution in [2.75, 3.05) is 4.90 Å². The van der Waals surface area contributed by atoms with Gasteiger partial charge in [-0.1, -0.05) is 112 Å². The van der Waals surface area contributed by atoms with Gasteiger partial charge >= 0.3 is 0 Å². The van der Waals surface area contributed by atoms with Crippen LogP contribution in [0.1, 0.15) is 56.7 Å². The first-order valence-electron chi connectivity index (χ1n) is 17.4. The molecule has 1 atom stereocenters. The lowest BCUT2D eigenvalue weighted by Crippen LogP contribution is -2.28. The fourth-order valence-corrected chi connectivity index (χ4v) is 8.48. The van der Waals surface area contributed by atoms with E-state index in [1.165, 1.54) is 78.0 Å². The van der Waals surface area contributed by atoms with Crippen LogP contribution in [-0.2, 0) is 5.41 Å². The summed E-state index contributed by atoms with van der Waals surface area (Å²) in [7, 11) is 0. The first-order chi connectivity index (χ1) is 23.5. The zero-order valence-corrected chi connectivity index (χ0v) is 27.9. The molecule has 234 valence electrons. The average Bonchev–Trinajstić information content (AvgIpc) is 3.58. The number of allylic oxidation sites excluding steroid dienone is 8. The van der Waals surface area contributed by atoms with E-state index >= 15 is 0 Å². The molecule has 3 aliphatic carbocycles. The van der Waals surface area contributed by atoms with E-state index in [4.69, 9.17) is 0 Å². The van der Waals surface area contributed by atoms with Gasteiger partial charge in [0.1, 0.15) is 0 Å². The number of anilines is 1. The van der Waals surface area contributed by atoms with E-state index < -0.39 is 0 Å². The van der Waals surface area contributed by atoms with Crippen LogP contribution in [0, 0.1) is 5.92 Å². The highest BCUT2D eigenvalue weighted by Crippen LogP contribution is 2.50. The van der Waals surface area contributed by atoms with Crippen molar-refractivity contribution in [3.63, 3.8) is 0 Å². The van der Waals surface area contributed by atoms with Crippen LogP contribution in [0.15, 0.2) is 157 Å². The Morgan fingerprint density at radius 3 is 2.29 bits per heavy atom. The monoisotopic (exact) mass is 620 g/mol. The van der Waals surface area contributed by atoms with E-state index in [2.05, 4.69) is 176 Å². The van der Waals surface area contributed by atoms with Gasteiger partial charge in [-0.15, -0.1) is 0 Å². The molecule has 0 radical (unpaired) electrons. The molecule has 0 saturated carbocycles. The summed E-state index contributed by atoms with van der Waals surface area (Å²) in [6.07, 6.45) is 14.7.